The van der Waals surface area contributed by atoms with E-state index in [1.807, 2.05) is 37.0 Å². The summed E-state index contributed by atoms with van der Waals surface area (Å²) in [6.45, 7) is 4.67. The fourth-order valence-corrected chi connectivity index (χ4v) is 7.04. The standard InChI is InChI=1S/C26H28N6OS/c1-23(2,33)25-10-18(11-25)31(15-25)20-9-21(30-22(29-20)34-3)32-19-8-17(5-4-16(19)12-28-32)26(14-27)13-24(26)6-7-24/h4-5,8-9,12,18,33H,6-7,10-11,13,15H2,1-3H3. The van der Waals surface area contributed by atoms with Crippen molar-refractivity contribution in [3.8, 4) is 11.9 Å². The number of thioether (sulfide) groups is 1. The Hall–Kier alpha value is -2.63. The molecule has 2 bridgehead atoms. The zero-order valence-electron chi connectivity index (χ0n) is 19.7. The Morgan fingerprint density at radius 1 is 1.18 bits per heavy atom. The minimum Gasteiger partial charge on any atom is -0.390 e. The second-order valence-electron chi connectivity index (χ2n) is 11.4. The van der Waals surface area contributed by atoms with Crippen molar-refractivity contribution in [3.63, 3.8) is 0 Å². The molecule has 1 N–H and O–H groups in total. The van der Waals surface area contributed by atoms with E-state index in [1.165, 1.54) is 11.8 Å². The third kappa shape index (κ3) is 2.55. The smallest absolute Gasteiger partial charge is 0.191 e. The number of aromatic nitrogens is 4. The van der Waals surface area contributed by atoms with Crippen LogP contribution in [0.15, 0.2) is 35.6 Å². The molecule has 3 saturated carbocycles. The maximum atomic E-state index is 10.8. The first-order valence-electron chi connectivity index (χ1n) is 12.1. The SMILES string of the molecule is CSc1nc(N2CC3(C(C)(C)O)CC2C3)cc(-n2ncc3ccc(C4(C#N)CC45CC5)cc32)n1. The minimum absolute atomic E-state index is 0.0652. The molecule has 0 amide bonds. The van der Waals surface area contributed by atoms with Crippen LogP contribution in [0.1, 0.15) is 51.5 Å². The van der Waals surface area contributed by atoms with Crippen LogP contribution in [0.5, 0.6) is 0 Å². The Bertz CT molecular complexity index is 1390. The number of hydrogen-bond donors (Lipinski definition) is 1. The maximum Gasteiger partial charge on any atom is 0.191 e. The van der Waals surface area contributed by atoms with Gasteiger partial charge in [0.1, 0.15) is 5.82 Å². The molecule has 8 heteroatoms. The summed E-state index contributed by atoms with van der Waals surface area (Å²) < 4.78 is 1.89. The highest BCUT2D eigenvalue weighted by Gasteiger charge is 2.75. The van der Waals surface area contributed by atoms with Crippen molar-refractivity contribution >= 4 is 28.5 Å². The lowest BCUT2D eigenvalue weighted by atomic mass is 9.61. The predicted molar refractivity (Wildman–Crippen MR) is 131 cm³/mol. The van der Waals surface area contributed by atoms with Gasteiger partial charge in [-0.1, -0.05) is 23.9 Å². The average molecular weight is 473 g/mol. The summed E-state index contributed by atoms with van der Waals surface area (Å²) in [5, 5.41) is 27.2. The summed E-state index contributed by atoms with van der Waals surface area (Å²) in [5.41, 5.74) is 1.20. The first-order valence-corrected chi connectivity index (χ1v) is 13.3. The molecule has 1 spiro atoms. The number of nitriles is 1. The van der Waals surface area contributed by atoms with Crippen LogP contribution in [0.25, 0.3) is 16.7 Å². The summed E-state index contributed by atoms with van der Waals surface area (Å²) >= 11 is 1.52. The largest absolute Gasteiger partial charge is 0.390 e. The Balaban J connectivity index is 1.30. The van der Waals surface area contributed by atoms with Crippen molar-refractivity contribution in [1.29, 1.82) is 5.26 Å². The maximum absolute atomic E-state index is 10.8. The molecule has 4 heterocycles. The highest BCUT2D eigenvalue weighted by molar-refractivity contribution is 7.98. The number of nitrogens with zero attached hydrogens (tertiary/aromatic N) is 6. The molecule has 174 valence electrons. The number of benzene rings is 1. The van der Waals surface area contributed by atoms with E-state index in [0.717, 1.165) is 66.8 Å². The lowest BCUT2D eigenvalue weighted by molar-refractivity contribution is -0.0754. The molecule has 7 nitrogen and oxygen atoms in total. The molecule has 34 heavy (non-hydrogen) atoms. The molecule has 5 fully saturated rings. The van der Waals surface area contributed by atoms with Gasteiger partial charge in [0.05, 0.1) is 28.8 Å². The predicted octanol–water partition coefficient (Wildman–Crippen LogP) is 4.22. The molecule has 2 saturated heterocycles. The van der Waals surface area contributed by atoms with Crippen LogP contribution in [-0.4, -0.2) is 49.3 Å². The van der Waals surface area contributed by atoms with Gasteiger partial charge in [-0.25, -0.2) is 14.6 Å². The first kappa shape index (κ1) is 20.7. The van der Waals surface area contributed by atoms with Crippen LogP contribution in [0, 0.1) is 22.2 Å². The van der Waals surface area contributed by atoms with Crippen LogP contribution in [0.2, 0.25) is 0 Å². The zero-order valence-corrected chi connectivity index (χ0v) is 20.6. The van der Waals surface area contributed by atoms with Gasteiger partial charge in [-0.05, 0) is 69.3 Å². The molecule has 8 rings (SSSR count). The lowest BCUT2D eigenvalue weighted by Crippen LogP contribution is -2.50. The van der Waals surface area contributed by atoms with Crippen molar-refractivity contribution in [2.45, 2.75) is 68.2 Å². The molecule has 3 aliphatic carbocycles. The number of hydrogen-bond acceptors (Lipinski definition) is 7. The zero-order chi connectivity index (χ0) is 23.5. The van der Waals surface area contributed by atoms with Crippen molar-refractivity contribution in [1.82, 2.24) is 19.7 Å². The Morgan fingerprint density at radius 2 is 1.94 bits per heavy atom. The molecule has 1 unspecified atom stereocenters. The molecule has 5 aliphatic rings. The summed E-state index contributed by atoms with van der Waals surface area (Å²) in [7, 11) is 0. The monoisotopic (exact) mass is 472 g/mol. The normalized spacial score (nSPS) is 30.4. The first-order chi connectivity index (χ1) is 16.2. The topological polar surface area (TPSA) is 90.9 Å². The summed E-state index contributed by atoms with van der Waals surface area (Å²) in [5.74, 6) is 1.64. The lowest BCUT2D eigenvalue weighted by Gasteiger charge is -2.45. The van der Waals surface area contributed by atoms with Crippen LogP contribution in [-0.2, 0) is 5.41 Å². The van der Waals surface area contributed by atoms with Crippen molar-refractivity contribution in [2.75, 3.05) is 17.7 Å². The molecular weight excluding hydrogens is 444 g/mol. The Labute approximate surface area is 203 Å². The van der Waals surface area contributed by atoms with Crippen molar-refractivity contribution in [2.24, 2.45) is 10.8 Å². The van der Waals surface area contributed by atoms with E-state index >= 15 is 0 Å². The quantitative estimate of drug-likeness (QED) is 0.439. The van der Waals surface area contributed by atoms with Crippen LogP contribution in [0.4, 0.5) is 5.82 Å². The molecule has 0 radical (unpaired) electrons. The van der Waals surface area contributed by atoms with Gasteiger partial charge < -0.3 is 10.0 Å². The second-order valence-corrected chi connectivity index (χ2v) is 12.2. The minimum atomic E-state index is -0.705. The fourth-order valence-electron chi connectivity index (χ4n) is 6.67. The van der Waals surface area contributed by atoms with Gasteiger partial charge >= 0.3 is 0 Å². The van der Waals surface area contributed by atoms with Gasteiger partial charge in [-0.15, -0.1) is 0 Å². The summed E-state index contributed by atoms with van der Waals surface area (Å²) in [6.07, 6.45) is 9.15. The average Bonchev–Trinajstić information content (AvgIpc) is 3.49. The number of rotatable bonds is 5. The van der Waals surface area contributed by atoms with E-state index < -0.39 is 5.60 Å². The number of aliphatic hydroxyl groups is 1. The third-order valence-corrected chi connectivity index (χ3v) is 9.88. The molecule has 1 atom stereocenters. The van der Waals surface area contributed by atoms with Crippen LogP contribution < -0.4 is 4.90 Å². The van der Waals surface area contributed by atoms with Gasteiger partial charge in [0, 0.05) is 29.5 Å². The van der Waals surface area contributed by atoms with Crippen molar-refractivity contribution in [3.05, 3.63) is 36.0 Å². The highest BCUT2D eigenvalue weighted by atomic mass is 32.2. The summed E-state index contributed by atoms with van der Waals surface area (Å²) in [4.78, 5) is 12.0. The van der Waals surface area contributed by atoms with Gasteiger partial charge in [0.25, 0.3) is 0 Å². The molecule has 1 aromatic carbocycles. The van der Waals surface area contributed by atoms with E-state index in [4.69, 9.17) is 9.97 Å². The van der Waals surface area contributed by atoms with Gasteiger partial charge in [0.2, 0.25) is 0 Å². The molecular formula is C26H28N6OS. The van der Waals surface area contributed by atoms with Gasteiger partial charge in [0.15, 0.2) is 11.0 Å². The molecule has 2 aromatic heterocycles. The fraction of sp³-hybridized carbons (Fsp3) is 0.538. The van der Waals surface area contributed by atoms with Gasteiger partial charge in [-0.2, -0.15) is 10.4 Å². The Morgan fingerprint density at radius 3 is 2.56 bits per heavy atom. The highest BCUT2D eigenvalue weighted by Crippen LogP contribution is 2.78. The van der Waals surface area contributed by atoms with E-state index in [-0.39, 0.29) is 16.2 Å². The van der Waals surface area contributed by atoms with E-state index in [0.29, 0.717) is 11.2 Å². The third-order valence-electron chi connectivity index (χ3n) is 9.33. The molecule has 2 aliphatic heterocycles. The van der Waals surface area contributed by atoms with Crippen LogP contribution >= 0.6 is 11.8 Å². The van der Waals surface area contributed by atoms with Crippen molar-refractivity contribution < 1.29 is 5.11 Å². The Kier molecular flexibility index (Phi) is 3.85. The van der Waals surface area contributed by atoms with Gasteiger partial charge in [-0.3, -0.25) is 0 Å². The van der Waals surface area contributed by atoms with E-state index in [2.05, 4.69) is 34.3 Å². The molecule has 3 aromatic rings. The second kappa shape index (κ2) is 6.32. The van der Waals surface area contributed by atoms with Crippen LogP contribution in [0.3, 0.4) is 0 Å². The number of fused-ring (bicyclic) bond motifs is 2. The summed E-state index contributed by atoms with van der Waals surface area (Å²) in [6, 6.07) is 11.4. The van der Waals surface area contributed by atoms with E-state index in [1.54, 1.807) is 0 Å². The van der Waals surface area contributed by atoms with E-state index in [9.17, 15) is 10.4 Å². The number of anilines is 1.